The summed E-state index contributed by atoms with van der Waals surface area (Å²) in [5, 5.41) is 8.53. The average molecular weight is 311 g/mol. The fraction of sp³-hybridized carbons (Fsp3) is 0.467. The summed E-state index contributed by atoms with van der Waals surface area (Å²) in [5.74, 6) is -0.826. The third-order valence-corrected chi connectivity index (χ3v) is 4.07. The van der Waals surface area contributed by atoms with Crippen LogP contribution in [0.3, 0.4) is 0 Å². The lowest BCUT2D eigenvalue weighted by Crippen LogP contribution is -2.25. The van der Waals surface area contributed by atoms with Crippen molar-refractivity contribution in [2.75, 3.05) is 13.3 Å². The molecule has 116 valence electrons. The van der Waals surface area contributed by atoms with Crippen molar-refractivity contribution in [3.05, 3.63) is 29.8 Å². The van der Waals surface area contributed by atoms with Gasteiger partial charge in [-0.05, 0) is 30.5 Å². The van der Waals surface area contributed by atoms with E-state index in [1.165, 1.54) is 0 Å². The second-order valence-corrected chi connectivity index (χ2v) is 6.33. The summed E-state index contributed by atoms with van der Waals surface area (Å²) in [6.07, 6.45) is 3.20. The summed E-state index contributed by atoms with van der Waals surface area (Å²) in [7, 11) is 0.731. The predicted octanol–water partition coefficient (Wildman–Crippen LogP) is 2.03. The first-order chi connectivity index (χ1) is 9.90. The minimum atomic E-state index is -0.997. The zero-order chi connectivity index (χ0) is 15.8. The number of carboxylic acid groups (broad SMARTS) is 1. The van der Waals surface area contributed by atoms with Gasteiger partial charge >= 0.3 is 5.97 Å². The van der Waals surface area contributed by atoms with Gasteiger partial charge in [0.1, 0.15) is 0 Å². The van der Waals surface area contributed by atoms with Crippen LogP contribution < -0.4 is 0 Å². The molecule has 0 radical (unpaired) electrons. The lowest BCUT2D eigenvalue weighted by Gasteiger charge is -2.17. The minimum Gasteiger partial charge on any atom is -0.481 e. The summed E-state index contributed by atoms with van der Waals surface area (Å²) < 4.78 is 11.3. The van der Waals surface area contributed by atoms with E-state index in [9.17, 15) is 13.8 Å². The van der Waals surface area contributed by atoms with Gasteiger partial charge in [-0.15, -0.1) is 0 Å². The number of carbonyl (C=O) groups excluding carboxylic acids is 1. The molecule has 1 aromatic rings. The number of amides is 1. The van der Waals surface area contributed by atoms with Crippen LogP contribution in [0.1, 0.15) is 31.2 Å². The standard InChI is InChI=1S/C15H21NO4S/c1-16(14(17)5-3-4-6-15(18)19)11-12-7-9-13(10-8-12)21(2)20/h7-10H,3-6,11H2,1-2H3,(H,18,19). The Kier molecular flexibility index (Phi) is 7.08. The second-order valence-electron chi connectivity index (χ2n) is 4.95. The molecule has 0 fully saturated rings. The predicted molar refractivity (Wildman–Crippen MR) is 81.4 cm³/mol. The van der Waals surface area contributed by atoms with Gasteiger partial charge in [0.15, 0.2) is 0 Å². The third kappa shape index (κ3) is 6.53. The number of carbonyl (C=O) groups is 2. The number of carboxylic acids is 1. The van der Waals surface area contributed by atoms with Crippen molar-refractivity contribution >= 4 is 22.7 Å². The molecule has 0 aliphatic heterocycles. The van der Waals surface area contributed by atoms with E-state index < -0.39 is 16.8 Å². The number of aliphatic carboxylic acids is 1. The van der Waals surface area contributed by atoms with Crippen LogP contribution in [0, 0.1) is 0 Å². The summed E-state index contributed by atoms with van der Waals surface area (Å²) in [6, 6.07) is 7.34. The second kappa shape index (κ2) is 8.56. The van der Waals surface area contributed by atoms with E-state index >= 15 is 0 Å². The van der Waals surface area contributed by atoms with Gasteiger partial charge in [0.05, 0.1) is 0 Å². The highest BCUT2D eigenvalue weighted by Crippen LogP contribution is 2.11. The van der Waals surface area contributed by atoms with E-state index in [0.29, 0.717) is 25.8 Å². The Morgan fingerprint density at radius 2 is 1.71 bits per heavy atom. The molecular formula is C15H21NO4S. The van der Waals surface area contributed by atoms with Gasteiger partial charge in [0, 0.05) is 48.4 Å². The van der Waals surface area contributed by atoms with Crippen LogP contribution >= 0.6 is 0 Å². The Bertz CT molecular complexity index is 513. The zero-order valence-corrected chi connectivity index (χ0v) is 13.2. The zero-order valence-electron chi connectivity index (χ0n) is 12.4. The number of unbranched alkanes of at least 4 members (excludes halogenated alkanes) is 1. The van der Waals surface area contributed by atoms with Gasteiger partial charge < -0.3 is 10.0 Å². The van der Waals surface area contributed by atoms with Crippen molar-refractivity contribution in [2.45, 2.75) is 37.1 Å². The number of hydrogen-bond donors (Lipinski definition) is 1. The maximum absolute atomic E-state index is 11.9. The van der Waals surface area contributed by atoms with Gasteiger partial charge in [0.25, 0.3) is 0 Å². The van der Waals surface area contributed by atoms with E-state index in [1.54, 1.807) is 30.3 Å². The van der Waals surface area contributed by atoms with Crippen LogP contribution in [0.5, 0.6) is 0 Å². The number of benzene rings is 1. The lowest BCUT2D eigenvalue weighted by atomic mass is 10.1. The van der Waals surface area contributed by atoms with Gasteiger partial charge in [-0.1, -0.05) is 12.1 Å². The monoisotopic (exact) mass is 311 g/mol. The van der Waals surface area contributed by atoms with Crippen LogP contribution in [0.2, 0.25) is 0 Å². The Morgan fingerprint density at radius 3 is 2.24 bits per heavy atom. The third-order valence-electron chi connectivity index (χ3n) is 3.13. The fourth-order valence-corrected chi connectivity index (χ4v) is 2.41. The first-order valence-corrected chi connectivity index (χ1v) is 8.34. The minimum absolute atomic E-state index is 0.00327. The first-order valence-electron chi connectivity index (χ1n) is 6.78. The molecule has 0 aliphatic carbocycles. The summed E-state index contributed by atoms with van der Waals surface area (Å²) in [4.78, 5) is 24.7. The molecule has 0 aliphatic rings. The van der Waals surface area contributed by atoms with Crippen molar-refractivity contribution < 1.29 is 18.9 Å². The highest BCUT2D eigenvalue weighted by molar-refractivity contribution is 7.84. The van der Waals surface area contributed by atoms with Crippen LogP contribution in [-0.4, -0.2) is 39.4 Å². The molecule has 1 aromatic carbocycles. The van der Waals surface area contributed by atoms with E-state index in [-0.39, 0.29) is 12.3 Å². The molecule has 6 heteroatoms. The molecule has 1 atom stereocenters. The summed E-state index contributed by atoms with van der Waals surface area (Å²) in [6.45, 7) is 0.494. The van der Waals surface area contributed by atoms with Gasteiger partial charge in [-0.3, -0.25) is 13.8 Å². The number of nitrogens with zero attached hydrogens (tertiary/aromatic N) is 1. The average Bonchev–Trinajstić information content (AvgIpc) is 2.43. The molecule has 0 saturated heterocycles. The van der Waals surface area contributed by atoms with Crippen molar-refractivity contribution in [1.82, 2.24) is 4.90 Å². The molecule has 0 bridgehead atoms. The Morgan fingerprint density at radius 1 is 1.14 bits per heavy atom. The lowest BCUT2D eigenvalue weighted by molar-refractivity contribution is -0.137. The summed E-state index contributed by atoms with van der Waals surface area (Å²) >= 11 is 0. The number of hydrogen-bond acceptors (Lipinski definition) is 3. The highest BCUT2D eigenvalue weighted by atomic mass is 32.2. The first kappa shape index (κ1) is 17.4. The molecule has 0 spiro atoms. The van der Waals surface area contributed by atoms with Gasteiger partial charge in [0.2, 0.25) is 5.91 Å². The maximum atomic E-state index is 11.9. The van der Waals surface area contributed by atoms with Crippen LogP contribution in [0.4, 0.5) is 0 Å². The van der Waals surface area contributed by atoms with E-state index in [4.69, 9.17) is 5.11 Å². The fourth-order valence-electron chi connectivity index (χ4n) is 1.89. The topological polar surface area (TPSA) is 74.7 Å². The van der Waals surface area contributed by atoms with Crippen molar-refractivity contribution in [2.24, 2.45) is 0 Å². The maximum Gasteiger partial charge on any atom is 0.303 e. The normalized spacial score (nSPS) is 11.9. The Balaban J connectivity index is 2.41. The van der Waals surface area contributed by atoms with E-state index in [2.05, 4.69) is 0 Å². The van der Waals surface area contributed by atoms with Crippen molar-refractivity contribution in [3.63, 3.8) is 0 Å². The highest BCUT2D eigenvalue weighted by Gasteiger charge is 2.09. The molecule has 5 nitrogen and oxygen atoms in total. The summed E-state index contributed by atoms with van der Waals surface area (Å²) in [5.41, 5.74) is 0.977. The van der Waals surface area contributed by atoms with Crippen LogP contribution in [-0.2, 0) is 26.9 Å². The van der Waals surface area contributed by atoms with Crippen LogP contribution in [0.15, 0.2) is 29.2 Å². The van der Waals surface area contributed by atoms with Crippen LogP contribution in [0.25, 0.3) is 0 Å². The van der Waals surface area contributed by atoms with E-state index in [0.717, 1.165) is 10.5 Å². The molecule has 0 saturated carbocycles. The van der Waals surface area contributed by atoms with Gasteiger partial charge in [-0.25, -0.2) is 0 Å². The quantitative estimate of drug-likeness (QED) is 0.745. The molecule has 1 unspecified atom stereocenters. The number of rotatable bonds is 8. The molecule has 0 heterocycles. The SMILES string of the molecule is CN(Cc1ccc(S(C)=O)cc1)C(=O)CCCCC(=O)O. The molecule has 1 amide bonds. The van der Waals surface area contributed by atoms with Crippen molar-refractivity contribution in [3.8, 4) is 0 Å². The molecule has 1 N–H and O–H groups in total. The largest absolute Gasteiger partial charge is 0.481 e. The molecule has 0 aromatic heterocycles. The van der Waals surface area contributed by atoms with Crippen molar-refractivity contribution in [1.29, 1.82) is 0 Å². The van der Waals surface area contributed by atoms with E-state index in [1.807, 2.05) is 12.1 Å². The Hall–Kier alpha value is -1.69. The molecule has 21 heavy (non-hydrogen) atoms. The van der Waals surface area contributed by atoms with Gasteiger partial charge in [-0.2, -0.15) is 0 Å². The molecular weight excluding hydrogens is 290 g/mol. The smallest absolute Gasteiger partial charge is 0.303 e. The molecule has 1 rings (SSSR count). The Labute approximate surface area is 127 Å².